The maximum absolute atomic E-state index is 14.3. The Bertz CT molecular complexity index is 1280. The summed E-state index contributed by atoms with van der Waals surface area (Å²) in [6, 6.07) is 10.1. The first-order valence-electron chi connectivity index (χ1n) is 9.37. The topological polar surface area (TPSA) is 39.9 Å². The Kier molecular flexibility index (Phi) is 5.72. The summed E-state index contributed by atoms with van der Waals surface area (Å²) in [6.07, 6.45) is -4.74. The highest BCUT2D eigenvalue weighted by Gasteiger charge is 2.31. The van der Waals surface area contributed by atoms with Crippen molar-refractivity contribution in [2.45, 2.75) is 20.2 Å². The number of alkyl halides is 3. The molecule has 0 saturated heterocycles. The second-order valence-corrected chi connectivity index (χ2v) is 8.49. The molecule has 0 amide bonds. The van der Waals surface area contributed by atoms with Gasteiger partial charge in [-0.05, 0) is 66.9 Å². The van der Waals surface area contributed by atoms with Gasteiger partial charge < -0.3 is 4.74 Å². The van der Waals surface area contributed by atoms with Crippen LogP contribution in [0.2, 0.25) is 5.02 Å². The largest absolute Gasteiger partial charge is 0.573 e. The SMILES string of the molecule is Cc1c(-c2ccc(OC(F)(F)F)cc2)sc(-c2nc(-c3c(F)cccc3Cl)nn2C)c1C. The highest BCUT2D eigenvalue weighted by Crippen LogP contribution is 2.42. The first kappa shape index (κ1) is 22.3. The first-order chi connectivity index (χ1) is 15.0. The highest BCUT2D eigenvalue weighted by molar-refractivity contribution is 7.19. The predicted molar refractivity (Wildman–Crippen MR) is 116 cm³/mol. The van der Waals surface area contributed by atoms with Crippen LogP contribution in [0, 0.1) is 19.7 Å². The predicted octanol–water partition coefficient (Wildman–Crippen LogP) is 7.19. The summed E-state index contributed by atoms with van der Waals surface area (Å²) in [5.41, 5.74) is 2.78. The smallest absolute Gasteiger partial charge is 0.406 e. The minimum absolute atomic E-state index is 0.127. The van der Waals surface area contributed by atoms with E-state index in [1.807, 2.05) is 13.8 Å². The van der Waals surface area contributed by atoms with Gasteiger partial charge in [-0.3, -0.25) is 0 Å². The second kappa shape index (κ2) is 8.22. The molecule has 0 N–H and O–H groups in total. The van der Waals surface area contributed by atoms with Crippen LogP contribution >= 0.6 is 22.9 Å². The number of aryl methyl sites for hydroxylation is 1. The van der Waals surface area contributed by atoms with Gasteiger partial charge in [-0.2, -0.15) is 5.10 Å². The van der Waals surface area contributed by atoms with E-state index in [9.17, 15) is 17.6 Å². The molecule has 0 aliphatic rings. The molecule has 4 aromatic rings. The fourth-order valence-corrected chi connectivity index (χ4v) is 4.88. The van der Waals surface area contributed by atoms with Crippen molar-refractivity contribution in [3.63, 3.8) is 0 Å². The van der Waals surface area contributed by atoms with Gasteiger partial charge in [0, 0.05) is 11.9 Å². The number of rotatable bonds is 4. The van der Waals surface area contributed by atoms with Crippen molar-refractivity contribution in [2.24, 2.45) is 7.05 Å². The minimum Gasteiger partial charge on any atom is -0.406 e. The number of hydrogen-bond donors (Lipinski definition) is 0. The lowest BCUT2D eigenvalue weighted by atomic mass is 10.1. The number of halogens is 5. The van der Waals surface area contributed by atoms with Crippen LogP contribution in [0.1, 0.15) is 11.1 Å². The maximum atomic E-state index is 14.3. The molecule has 0 spiro atoms. The molecule has 166 valence electrons. The monoisotopic (exact) mass is 481 g/mol. The van der Waals surface area contributed by atoms with Crippen molar-refractivity contribution in [3.05, 3.63) is 64.4 Å². The molecule has 0 bridgehead atoms. The number of thiophene rings is 1. The van der Waals surface area contributed by atoms with E-state index in [1.54, 1.807) is 29.9 Å². The molecular weight excluding hydrogens is 466 g/mol. The van der Waals surface area contributed by atoms with Gasteiger partial charge in [-0.1, -0.05) is 17.7 Å². The van der Waals surface area contributed by atoms with Crippen LogP contribution in [0.15, 0.2) is 42.5 Å². The van der Waals surface area contributed by atoms with E-state index in [-0.39, 0.29) is 22.2 Å². The number of hydrogen-bond acceptors (Lipinski definition) is 4. The Labute approximate surface area is 190 Å². The van der Waals surface area contributed by atoms with Gasteiger partial charge >= 0.3 is 6.36 Å². The molecule has 0 atom stereocenters. The molecule has 4 rings (SSSR count). The molecule has 2 aromatic heterocycles. The third-order valence-corrected chi connectivity index (χ3v) is 6.70. The zero-order chi connectivity index (χ0) is 23.2. The minimum atomic E-state index is -4.74. The van der Waals surface area contributed by atoms with Crippen LogP contribution in [0.4, 0.5) is 17.6 Å². The van der Waals surface area contributed by atoms with E-state index in [0.29, 0.717) is 5.82 Å². The van der Waals surface area contributed by atoms with Crippen molar-refractivity contribution in [1.82, 2.24) is 14.8 Å². The summed E-state index contributed by atoms with van der Waals surface area (Å²) in [7, 11) is 1.71. The Morgan fingerprint density at radius 3 is 2.28 bits per heavy atom. The van der Waals surface area contributed by atoms with Gasteiger partial charge in [-0.15, -0.1) is 24.5 Å². The molecule has 2 heterocycles. The van der Waals surface area contributed by atoms with Crippen LogP contribution in [0.3, 0.4) is 0 Å². The summed E-state index contributed by atoms with van der Waals surface area (Å²) in [5, 5.41) is 4.55. The van der Waals surface area contributed by atoms with Crippen LogP contribution in [0.25, 0.3) is 32.5 Å². The lowest BCUT2D eigenvalue weighted by Gasteiger charge is -2.09. The molecule has 2 aromatic carbocycles. The average molecular weight is 482 g/mol. The van der Waals surface area contributed by atoms with Gasteiger partial charge in [0.15, 0.2) is 11.6 Å². The van der Waals surface area contributed by atoms with Gasteiger partial charge in [0.2, 0.25) is 0 Å². The summed E-state index contributed by atoms with van der Waals surface area (Å²) in [5.74, 6) is -0.0952. The van der Waals surface area contributed by atoms with E-state index >= 15 is 0 Å². The Morgan fingerprint density at radius 2 is 1.66 bits per heavy atom. The van der Waals surface area contributed by atoms with Gasteiger partial charge in [-0.25, -0.2) is 14.1 Å². The van der Waals surface area contributed by atoms with Crippen molar-refractivity contribution < 1.29 is 22.3 Å². The van der Waals surface area contributed by atoms with Gasteiger partial charge in [0.25, 0.3) is 0 Å². The molecule has 0 radical (unpaired) electrons. The summed E-state index contributed by atoms with van der Waals surface area (Å²) < 4.78 is 57.1. The van der Waals surface area contributed by atoms with E-state index in [0.717, 1.165) is 26.4 Å². The quantitative estimate of drug-likeness (QED) is 0.290. The molecule has 4 nitrogen and oxygen atoms in total. The third kappa shape index (κ3) is 4.22. The standard InChI is InChI=1S/C22H16ClF4N3OS/c1-11-12(2)19(32-18(11)13-7-9-14(10-8-13)31-22(25,26)27)21-28-20(29-30(21)3)17-15(23)5-4-6-16(17)24/h4-10H,1-3H3. The van der Waals surface area contributed by atoms with E-state index < -0.39 is 12.2 Å². The third-order valence-electron chi connectivity index (χ3n) is 4.95. The van der Waals surface area contributed by atoms with Crippen LogP contribution in [-0.2, 0) is 7.05 Å². The number of aromatic nitrogens is 3. The molecule has 0 aliphatic heterocycles. The van der Waals surface area contributed by atoms with Crippen molar-refractivity contribution in [2.75, 3.05) is 0 Å². The fraction of sp³-hybridized carbons (Fsp3) is 0.182. The van der Waals surface area contributed by atoms with Crippen molar-refractivity contribution in [3.8, 4) is 38.3 Å². The number of nitrogens with zero attached hydrogens (tertiary/aromatic N) is 3. The number of ether oxygens (including phenoxy) is 1. The number of benzene rings is 2. The molecular formula is C22H16ClF4N3OS. The van der Waals surface area contributed by atoms with Crippen molar-refractivity contribution in [1.29, 1.82) is 0 Å². The highest BCUT2D eigenvalue weighted by atomic mass is 35.5. The van der Waals surface area contributed by atoms with E-state index in [2.05, 4.69) is 14.8 Å². The average Bonchev–Trinajstić information content (AvgIpc) is 3.21. The summed E-state index contributed by atoms with van der Waals surface area (Å²) in [6.45, 7) is 3.85. The lowest BCUT2D eigenvalue weighted by molar-refractivity contribution is -0.274. The van der Waals surface area contributed by atoms with E-state index in [4.69, 9.17) is 11.6 Å². The molecule has 0 fully saturated rings. The molecule has 0 unspecified atom stereocenters. The zero-order valence-corrected chi connectivity index (χ0v) is 18.7. The second-order valence-electron chi connectivity index (χ2n) is 7.06. The lowest BCUT2D eigenvalue weighted by Crippen LogP contribution is -2.16. The first-order valence-corrected chi connectivity index (χ1v) is 10.6. The van der Waals surface area contributed by atoms with Crippen molar-refractivity contribution >= 4 is 22.9 Å². The zero-order valence-electron chi connectivity index (χ0n) is 17.1. The van der Waals surface area contributed by atoms with Crippen LogP contribution < -0.4 is 4.74 Å². The Morgan fingerprint density at radius 1 is 1.00 bits per heavy atom. The Hall–Kier alpha value is -2.91. The molecule has 32 heavy (non-hydrogen) atoms. The summed E-state index contributed by atoms with van der Waals surface area (Å²) in [4.78, 5) is 6.23. The van der Waals surface area contributed by atoms with Crippen LogP contribution in [0.5, 0.6) is 5.75 Å². The fourth-order valence-electron chi connectivity index (χ4n) is 3.29. The maximum Gasteiger partial charge on any atom is 0.573 e. The summed E-state index contributed by atoms with van der Waals surface area (Å²) >= 11 is 7.59. The molecule has 10 heteroatoms. The van der Waals surface area contributed by atoms with E-state index in [1.165, 1.54) is 35.6 Å². The Balaban J connectivity index is 1.73. The molecule has 0 aliphatic carbocycles. The molecule has 0 saturated carbocycles. The normalized spacial score (nSPS) is 11.8. The van der Waals surface area contributed by atoms with Gasteiger partial charge in [0.1, 0.15) is 11.6 Å². The van der Waals surface area contributed by atoms with Crippen LogP contribution in [-0.4, -0.2) is 21.1 Å². The van der Waals surface area contributed by atoms with Gasteiger partial charge in [0.05, 0.1) is 15.5 Å².